The number of para-hydroxylation sites is 1. The van der Waals surface area contributed by atoms with Crippen molar-refractivity contribution in [2.24, 2.45) is 0 Å². The van der Waals surface area contributed by atoms with Crippen LogP contribution in [0.5, 0.6) is 23.0 Å². The number of hydrogen-bond acceptors (Lipinski definition) is 7. The maximum atomic E-state index is 12.7. The maximum absolute atomic E-state index is 12.7. The number of H-pyrrole nitrogens is 1. The lowest BCUT2D eigenvalue weighted by atomic mass is 10.0. The number of carbonyl (C=O) groups is 2. The van der Waals surface area contributed by atoms with E-state index in [2.05, 4.69) is 4.98 Å². The van der Waals surface area contributed by atoms with Crippen molar-refractivity contribution >= 4 is 33.6 Å². The molecular weight excluding hydrogens is 342 g/mol. The Labute approximate surface area is 146 Å². The largest absolute Gasteiger partial charge is 0.453 e. The summed E-state index contributed by atoms with van der Waals surface area (Å²) in [4.78, 5) is 38.3. The second kappa shape index (κ2) is 5.76. The van der Waals surface area contributed by atoms with Crippen LogP contribution in [-0.4, -0.2) is 23.7 Å². The summed E-state index contributed by atoms with van der Waals surface area (Å²) in [6, 6.07) is 6.65. The zero-order valence-electron chi connectivity index (χ0n) is 13.9. The average molecular weight is 355 g/mol. The van der Waals surface area contributed by atoms with Crippen LogP contribution in [0.1, 0.15) is 13.8 Å². The van der Waals surface area contributed by atoms with E-state index in [1.54, 1.807) is 24.3 Å². The highest BCUT2D eigenvalue weighted by molar-refractivity contribution is 6.11. The van der Waals surface area contributed by atoms with Crippen LogP contribution in [-0.2, 0) is 9.59 Å². The molecule has 1 aromatic heterocycles. The molecule has 0 atom stereocenters. The van der Waals surface area contributed by atoms with Gasteiger partial charge >= 0.3 is 11.9 Å². The highest BCUT2D eigenvalue weighted by Crippen LogP contribution is 2.46. The van der Waals surface area contributed by atoms with Crippen molar-refractivity contribution in [3.63, 3.8) is 0 Å². The topological polar surface area (TPSA) is 104 Å². The van der Waals surface area contributed by atoms with Gasteiger partial charge in [-0.05, 0) is 12.1 Å². The fourth-order valence-electron chi connectivity index (χ4n) is 2.99. The van der Waals surface area contributed by atoms with Gasteiger partial charge in [0, 0.05) is 24.6 Å². The van der Waals surface area contributed by atoms with Crippen molar-refractivity contribution in [2.75, 3.05) is 6.79 Å². The molecule has 0 radical (unpaired) electrons. The van der Waals surface area contributed by atoms with Crippen molar-refractivity contribution in [1.82, 2.24) is 4.98 Å². The third-order valence-corrected chi connectivity index (χ3v) is 3.90. The Morgan fingerprint density at radius 3 is 2.58 bits per heavy atom. The van der Waals surface area contributed by atoms with Crippen LogP contribution in [0.4, 0.5) is 0 Å². The number of ether oxygens (including phenoxy) is 4. The van der Waals surface area contributed by atoms with Crippen molar-refractivity contribution in [3.05, 3.63) is 34.6 Å². The van der Waals surface area contributed by atoms with Gasteiger partial charge in [0.05, 0.1) is 10.9 Å². The molecule has 1 N–H and O–H groups in total. The van der Waals surface area contributed by atoms with Gasteiger partial charge in [0.1, 0.15) is 0 Å². The predicted molar refractivity (Wildman–Crippen MR) is 90.8 cm³/mol. The summed E-state index contributed by atoms with van der Waals surface area (Å²) in [5, 5.41) is 1.24. The van der Waals surface area contributed by atoms with E-state index in [0.717, 1.165) is 0 Å². The van der Waals surface area contributed by atoms with Gasteiger partial charge in [-0.3, -0.25) is 14.4 Å². The molecule has 0 aliphatic carbocycles. The second-order valence-corrected chi connectivity index (χ2v) is 5.68. The molecule has 0 amide bonds. The Morgan fingerprint density at radius 1 is 1.08 bits per heavy atom. The third-order valence-electron chi connectivity index (χ3n) is 3.90. The highest BCUT2D eigenvalue weighted by atomic mass is 16.7. The quantitative estimate of drug-likeness (QED) is 0.427. The molecule has 0 bridgehead atoms. The first-order valence-electron chi connectivity index (χ1n) is 7.74. The standard InChI is InChI=1S/C18H13NO7/c1-8(20)25-12-5-3-4-10-11-6-13-16(24-7-23-13)17(26-9(2)21)14(11)18(22)19-15(10)12/h3-6H,7H2,1-2H3,(H,19,22). The van der Waals surface area contributed by atoms with Crippen molar-refractivity contribution in [2.45, 2.75) is 13.8 Å². The van der Waals surface area contributed by atoms with E-state index in [4.69, 9.17) is 18.9 Å². The molecule has 1 aliphatic heterocycles. The van der Waals surface area contributed by atoms with Gasteiger partial charge in [-0.2, -0.15) is 0 Å². The molecular formula is C18H13NO7. The van der Waals surface area contributed by atoms with Gasteiger partial charge in [-0.1, -0.05) is 12.1 Å². The monoisotopic (exact) mass is 355 g/mol. The lowest BCUT2D eigenvalue weighted by molar-refractivity contribution is -0.132. The van der Waals surface area contributed by atoms with E-state index < -0.39 is 17.5 Å². The summed E-state index contributed by atoms with van der Waals surface area (Å²) in [6.45, 7) is 2.46. The van der Waals surface area contributed by atoms with E-state index >= 15 is 0 Å². The number of pyridine rings is 1. The molecule has 0 saturated heterocycles. The van der Waals surface area contributed by atoms with Gasteiger partial charge in [-0.15, -0.1) is 0 Å². The first-order valence-corrected chi connectivity index (χ1v) is 7.74. The number of rotatable bonds is 2. The summed E-state index contributed by atoms with van der Waals surface area (Å²) in [5.41, 5.74) is -0.158. The Kier molecular flexibility index (Phi) is 3.54. The number of carbonyl (C=O) groups excluding carboxylic acids is 2. The van der Waals surface area contributed by atoms with Crippen molar-refractivity contribution in [3.8, 4) is 23.0 Å². The summed E-state index contributed by atoms with van der Waals surface area (Å²) in [5.74, 6) is -0.315. The normalized spacial score (nSPS) is 12.4. The number of hydrogen-bond donors (Lipinski definition) is 1. The number of aromatic nitrogens is 1. The SMILES string of the molecule is CC(=O)Oc1cccc2c1[nH]c(=O)c1c(OC(C)=O)c3c(cc12)OCO3. The number of fused-ring (bicyclic) bond motifs is 4. The van der Waals surface area contributed by atoms with Crippen molar-refractivity contribution < 1.29 is 28.5 Å². The number of aromatic amines is 1. The zero-order valence-corrected chi connectivity index (χ0v) is 13.9. The minimum atomic E-state index is -0.594. The van der Waals surface area contributed by atoms with Crippen LogP contribution in [0, 0.1) is 0 Å². The summed E-state index contributed by atoms with van der Waals surface area (Å²) in [7, 11) is 0. The van der Waals surface area contributed by atoms with E-state index in [1.807, 2.05) is 0 Å². The van der Waals surface area contributed by atoms with Crippen LogP contribution in [0.25, 0.3) is 21.7 Å². The number of esters is 2. The molecule has 8 nitrogen and oxygen atoms in total. The first-order chi connectivity index (χ1) is 12.5. The molecule has 8 heteroatoms. The smallest absolute Gasteiger partial charge is 0.308 e. The second-order valence-electron chi connectivity index (χ2n) is 5.68. The molecule has 132 valence electrons. The molecule has 26 heavy (non-hydrogen) atoms. The molecule has 1 aliphatic rings. The van der Waals surface area contributed by atoms with Crippen LogP contribution >= 0.6 is 0 Å². The van der Waals surface area contributed by atoms with Gasteiger partial charge in [-0.25, -0.2) is 0 Å². The molecule has 0 unspecified atom stereocenters. The predicted octanol–water partition coefficient (Wildman–Crippen LogP) is 2.26. The van der Waals surface area contributed by atoms with Gasteiger partial charge in [0.25, 0.3) is 5.56 Å². The molecule has 0 spiro atoms. The minimum Gasteiger partial charge on any atom is -0.453 e. The Balaban J connectivity index is 2.13. The summed E-state index contributed by atoms with van der Waals surface area (Å²) < 4.78 is 21.2. The fourth-order valence-corrected chi connectivity index (χ4v) is 2.99. The molecule has 3 aromatic rings. The summed E-state index contributed by atoms with van der Waals surface area (Å²) >= 11 is 0. The Bertz CT molecular complexity index is 1150. The number of nitrogens with one attached hydrogen (secondary N) is 1. The summed E-state index contributed by atoms with van der Waals surface area (Å²) in [6.07, 6.45) is 0. The molecule has 0 fully saturated rings. The Hall–Kier alpha value is -3.55. The first kappa shape index (κ1) is 15.9. The zero-order chi connectivity index (χ0) is 18.4. The van der Waals surface area contributed by atoms with Gasteiger partial charge in [0.15, 0.2) is 17.2 Å². The molecule has 2 aromatic carbocycles. The lowest BCUT2D eigenvalue weighted by Gasteiger charge is -2.12. The third kappa shape index (κ3) is 2.43. The minimum absolute atomic E-state index is 0.00328. The lowest BCUT2D eigenvalue weighted by Crippen LogP contribution is -2.12. The van der Waals surface area contributed by atoms with Gasteiger partial charge in [0.2, 0.25) is 12.5 Å². The van der Waals surface area contributed by atoms with Crippen LogP contribution in [0.15, 0.2) is 29.1 Å². The molecule has 4 rings (SSSR count). The highest BCUT2D eigenvalue weighted by Gasteiger charge is 2.26. The average Bonchev–Trinajstić information content (AvgIpc) is 3.03. The van der Waals surface area contributed by atoms with E-state index in [9.17, 15) is 14.4 Å². The van der Waals surface area contributed by atoms with Crippen LogP contribution in [0.3, 0.4) is 0 Å². The Morgan fingerprint density at radius 2 is 1.85 bits per heavy atom. The molecule has 0 saturated carbocycles. The van der Waals surface area contributed by atoms with Gasteiger partial charge < -0.3 is 23.9 Å². The fraction of sp³-hybridized carbons (Fsp3) is 0.167. The van der Waals surface area contributed by atoms with Crippen LogP contribution < -0.4 is 24.5 Å². The van der Waals surface area contributed by atoms with E-state index in [1.165, 1.54) is 13.8 Å². The maximum Gasteiger partial charge on any atom is 0.308 e. The van der Waals surface area contributed by atoms with Crippen molar-refractivity contribution in [1.29, 1.82) is 0 Å². The number of benzene rings is 2. The van der Waals surface area contributed by atoms with Crippen LogP contribution in [0.2, 0.25) is 0 Å². The van der Waals surface area contributed by atoms with E-state index in [-0.39, 0.29) is 29.4 Å². The molecule has 2 heterocycles. The van der Waals surface area contributed by atoms with E-state index in [0.29, 0.717) is 22.0 Å².